The molecule has 0 radical (unpaired) electrons. The normalized spacial score (nSPS) is 11.1. The zero-order chi connectivity index (χ0) is 21.8. The number of hydrogen-bond donors (Lipinski definition) is 2. The molecular formula is C23H24ClN5O2. The first-order valence-electron chi connectivity index (χ1n) is 10.2. The van der Waals surface area contributed by atoms with Gasteiger partial charge >= 0.3 is 0 Å². The summed E-state index contributed by atoms with van der Waals surface area (Å²) in [7, 11) is 1.87. The zero-order valence-electron chi connectivity index (χ0n) is 17.5. The minimum absolute atomic E-state index is 0.195. The standard InChI is InChI=1S/C23H24ClN5O2/c1-15-13-18(10-11-19(15)24)31-12-4-3-5-20-26-23(16-6-8-17(25-2)9-7-16)27-21-14-22(30)28-29(20)21/h6-11,13-14,25H,3-5,12H2,1-2H3,(H,28,30). The van der Waals surface area contributed by atoms with Crippen LogP contribution >= 0.6 is 11.6 Å². The summed E-state index contributed by atoms with van der Waals surface area (Å²) in [5, 5.41) is 6.62. The summed E-state index contributed by atoms with van der Waals surface area (Å²) in [5.74, 6) is 2.18. The number of nitrogens with zero attached hydrogens (tertiary/aromatic N) is 3. The van der Waals surface area contributed by atoms with Crippen LogP contribution in [0.2, 0.25) is 5.02 Å². The predicted molar refractivity (Wildman–Crippen MR) is 123 cm³/mol. The smallest absolute Gasteiger partial charge is 0.266 e. The molecule has 0 aliphatic carbocycles. The summed E-state index contributed by atoms with van der Waals surface area (Å²) in [5.41, 5.74) is 3.28. The van der Waals surface area contributed by atoms with Crippen molar-refractivity contribution in [3.05, 3.63) is 75.3 Å². The van der Waals surface area contributed by atoms with E-state index in [2.05, 4.69) is 15.4 Å². The number of rotatable bonds is 8. The lowest BCUT2D eigenvalue weighted by atomic mass is 10.2. The van der Waals surface area contributed by atoms with Crippen molar-refractivity contribution in [3.8, 4) is 17.1 Å². The van der Waals surface area contributed by atoms with E-state index in [4.69, 9.17) is 21.3 Å². The van der Waals surface area contributed by atoms with Crippen LogP contribution in [0.25, 0.3) is 17.0 Å². The molecule has 0 fully saturated rings. The van der Waals surface area contributed by atoms with Crippen LogP contribution in [0.5, 0.6) is 5.75 Å². The molecule has 7 nitrogen and oxygen atoms in total. The van der Waals surface area contributed by atoms with Gasteiger partial charge in [-0.1, -0.05) is 11.6 Å². The lowest BCUT2D eigenvalue weighted by Crippen LogP contribution is -2.09. The Hall–Kier alpha value is -3.32. The lowest BCUT2D eigenvalue weighted by molar-refractivity contribution is 0.306. The van der Waals surface area contributed by atoms with E-state index in [1.54, 1.807) is 4.52 Å². The maximum atomic E-state index is 11.9. The fraction of sp³-hybridized carbons (Fsp3) is 0.261. The predicted octanol–water partition coefficient (Wildman–Crippen LogP) is 4.49. The molecule has 0 bridgehead atoms. The SMILES string of the molecule is CNc1ccc(-c2nc(CCCCOc3ccc(Cl)c(C)c3)n3[nH]c(=O)cc3n2)cc1. The molecule has 4 rings (SSSR count). The Morgan fingerprint density at radius 1 is 1.10 bits per heavy atom. The molecule has 0 aliphatic heterocycles. The third kappa shape index (κ3) is 4.88. The van der Waals surface area contributed by atoms with Crippen LogP contribution < -0.4 is 15.6 Å². The van der Waals surface area contributed by atoms with Gasteiger partial charge in [0.25, 0.3) is 5.56 Å². The number of ether oxygens (including phenoxy) is 1. The quantitative estimate of drug-likeness (QED) is 0.397. The van der Waals surface area contributed by atoms with E-state index in [9.17, 15) is 4.79 Å². The van der Waals surface area contributed by atoms with Crippen LogP contribution in [0.3, 0.4) is 0 Å². The number of unbranched alkanes of at least 4 members (excludes halogenated alkanes) is 1. The van der Waals surface area contributed by atoms with Crippen LogP contribution in [0.1, 0.15) is 24.2 Å². The highest BCUT2D eigenvalue weighted by molar-refractivity contribution is 6.31. The van der Waals surface area contributed by atoms with Crippen molar-refractivity contribution in [2.75, 3.05) is 19.0 Å². The second-order valence-electron chi connectivity index (χ2n) is 7.32. The monoisotopic (exact) mass is 437 g/mol. The van der Waals surface area contributed by atoms with Crippen molar-refractivity contribution in [1.82, 2.24) is 19.6 Å². The summed E-state index contributed by atoms with van der Waals surface area (Å²) in [4.78, 5) is 21.1. The van der Waals surface area contributed by atoms with Crippen molar-refractivity contribution in [1.29, 1.82) is 0 Å². The topological polar surface area (TPSA) is 84.3 Å². The zero-order valence-corrected chi connectivity index (χ0v) is 18.2. The molecule has 2 aromatic heterocycles. The average Bonchev–Trinajstić information content (AvgIpc) is 3.16. The number of H-pyrrole nitrogens is 1. The Morgan fingerprint density at radius 2 is 1.90 bits per heavy atom. The molecule has 0 saturated heterocycles. The van der Waals surface area contributed by atoms with E-state index in [0.29, 0.717) is 24.5 Å². The van der Waals surface area contributed by atoms with Gasteiger partial charge in [0.05, 0.1) is 6.61 Å². The third-order valence-corrected chi connectivity index (χ3v) is 5.47. The van der Waals surface area contributed by atoms with Gasteiger partial charge in [0.1, 0.15) is 11.6 Å². The number of aromatic amines is 1. The number of aryl methyl sites for hydroxylation is 2. The van der Waals surface area contributed by atoms with Gasteiger partial charge in [0, 0.05) is 35.8 Å². The summed E-state index contributed by atoms with van der Waals surface area (Å²) in [6, 6.07) is 15.0. The Labute approximate surface area is 185 Å². The van der Waals surface area contributed by atoms with Gasteiger partial charge in [0.2, 0.25) is 0 Å². The minimum Gasteiger partial charge on any atom is -0.494 e. The number of halogens is 1. The van der Waals surface area contributed by atoms with E-state index in [1.807, 2.05) is 56.4 Å². The molecule has 0 unspecified atom stereocenters. The second-order valence-corrected chi connectivity index (χ2v) is 7.73. The molecule has 0 aliphatic rings. The van der Waals surface area contributed by atoms with Crippen molar-refractivity contribution in [2.45, 2.75) is 26.2 Å². The molecule has 2 aromatic carbocycles. The van der Waals surface area contributed by atoms with Crippen molar-refractivity contribution >= 4 is 22.9 Å². The highest BCUT2D eigenvalue weighted by Gasteiger charge is 2.11. The van der Waals surface area contributed by atoms with Crippen molar-refractivity contribution < 1.29 is 4.74 Å². The Kier molecular flexibility index (Phi) is 6.23. The Bertz CT molecular complexity index is 1250. The molecule has 0 spiro atoms. The highest BCUT2D eigenvalue weighted by atomic mass is 35.5. The number of nitrogens with one attached hydrogen (secondary N) is 2. The Morgan fingerprint density at radius 3 is 2.65 bits per heavy atom. The number of benzene rings is 2. The summed E-state index contributed by atoms with van der Waals surface area (Å²) < 4.78 is 7.49. The van der Waals surface area contributed by atoms with E-state index in [0.717, 1.165) is 46.3 Å². The summed E-state index contributed by atoms with van der Waals surface area (Å²) >= 11 is 6.06. The molecule has 0 amide bonds. The first kappa shape index (κ1) is 20.9. The largest absolute Gasteiger partial charge is 0.494 e. The summed E-state index contributed by atoms with van der Waals surface area (Å²) in [6.07, 6.45) is 2.40. The molecule has 8 heteroatoms. The maximum Gasteiger partial charge on any atom is 0.266 e. The first-order valence-corrected chi connectivity index (χ1v) is 10.6. The third-order valence-electron chi connectivity index (χ3n) is 5.05. The van der Waals surface area contributed by atoms with Crippen LogP contribution in [0.4, 0.5) is 5.69 Å². The van der Waals surface area contributed by atoms with Gasteiger partial charge in [-0.3, -0.25) is 9.89 Å². The fourth-order valence-corrected chi connectivity index (χ4v) is 3.45. The molecule has 4 aromatic rings. The maximum absolute atomic E-state index is 11.9. The molecule has 2 N–H and O–H groups in total. The molecule has 0 saturated carbocycles. The van der Waals surface area contributed by atoms with Gasteiger partial charge in [-0.05, 0) is 67.8 Å². The molecular weight excluding hydrogens is 414 g/mol. The molecule has 160 valence electrons. The average molecular weight is 438 g/mol. The molecule has 31 heavy (non-hydrogen) atoms. The van der Waals surface area contributed by atoms with E-state index in [-0.39, 0.29) is 5.56 Å². The Balaban J connectivity index is 1.45. The van der Waals surface area contributed by atoms with Crippen LogP contribution in [0, 0.1) is 6.92 Å². The highest BCUT2D eigenvalue weighted by Crippen LogP contribution is 2.22. The van der Waals surface area contributed by atoms with Gasteiger partial charge in [-0.15, -0.1) is 0 Å². The second kappa shape index (κ2) is 9.22. The van der Waals surface area contributed by atoms with Gasteiger partial charge in [-0.2, -0.15) is 0 Å². The number of aromatic nitrogens is 4. The number of fused-ring (bicyclic) bond motifs is 1. The minimum atomic E-state index is -0.195. The van der Waals surface area contributed by atoms with Crippen LogP contribution in [0.15, 0.2) is 53.3 Å². The summed E-state index contributed by atoms with van der Waals surface area (Å²) in [6.45, 7) is 2.55. The number of anilines is 1. The first-order chi connectivity index (χ1) is 15.0. The van der Waals surface area contributed by atoms with Crippen LogP contribution in [-0.4, -0.2) is 33.2 Å². The molecule has 0 atom stereocenters. The van der Waals surface area contributed by atoms with Gasteiger partial charge in [0.15, 0.2) is 11.5 Å². The van der Waals surface area contributed by atoms with Crippen LogP contribution in [-0.2, 0) is 6.42 Å². The van der Waals surface area contributed by atoms with Crippen molar-refractivity contribution in [2.24, 2.45) is 0 Å². The van der Waals surface area contributed by atoms with E-state index >= 15 is 0 Å². The van der Waals surface area contributed by atoms with Crippen molar-refractivity contribution in [3.63, 3.8) is 0 Å². The van der Waals surface area contributed by atoms with Gasteiger partial charge in [-0.25, -0.2) is 14.5 Å². The van der Waals surface area contributed by atoms with Gasteiger partial charge < -0.3 is 10.1 Å². The van der Waals surface area contributed by atoms with E-state index in [1.165, 1.54) is 6.07 Å². The number of hydrogen-bond acceptors (Lipinski definition) is 5. The molecule has 2 heterocycles. The van der Waals surface area contributed by atoms with E-state index < -0.39 is 0 Å². The lowest BCUT2D eigenvalue weighted by Gasteiger charge is -2.10. The fourth-order valence-electron chi connectivity index (χ4n) is 3.33.